The third kappa shape index (κ3) is 1.95. The van der Waals surface area contributed by atoms with Crippen LogP contribution in [0.4, 0.5) is 5.69 Å². The zero-order valence-corrected chi connectivity index (χ0v) is 10.6. The molecule has 5 heteroatoms. The maximum absolute atomic E-state index is 11.0. The van der Waals surface area contributed by atoms with E-state index in [-0.39, 0.29) is 0 Å². The molecule has 1 aliphatic rings. The quantitative estimate of drug-likeness (QED) is 0.904. The fourth-order valence-electron chi connectivity index (χ4n) is 2.21. The molecule has 0 spiro atoms. The topological polar surface area (TPSA) is 49.8 Å². The summed E-state index contributed by atoms with van der Waals surface area (Å²) in [6.45, 7) is 3.18. The Balaban J connectivity index is 2.07. The first-order chi connectivity index (χ1) is 8.75. The van der Waals surface area contributed by atoms with E-state index in [0.29, 0.717) is 4.88 Å². The summed E-state index contributed by atoms with van der Waals surface area (Å²) in [5, 5.41) is 10.1. The minimum Gasteiger partial charge on any atom is -0.477 e. The van der Waals surface area contributed by atoms with E-state index in [2.05, 4.69) is 11.0 Å². The number of anilines is 1. The highest BCUT2D eigenvalue weighted by atomic mass is 32.1. The van der Waals surface area contributed by atoms with Gasteiger partial charge < -0.3 is 14.7 Å². The molecule has 94 valence electrons. The summed E-state index contributed by atoms with van der Waals surface area (Å²) < 4.78 is 6.40. The van der Waals surface area contributed by atoms with Gasteiger partial charge in [-0.1, -0.05) is 12.1 Å². The molecule has 1 aromatic heterocycles. The van der Waals surface area contributed by atoms with Crippen molar-refractivity contribution in [3.8, 4) is 0 Å². The molecule has 0 aliphatic carbocycles. The number of nitrogens with zero attached hydrogens (tertiary/aromatic N) is 1. The maximum Gasteiger partial charge on any atom is 0.345 e. The first-order valence-corrected chi connectivity index (χ1v) is 6.66. The maximum atomic E-state index is 11.0. The molecule has 1 fully saturated rings. The van der Waals surface area contributed by atoms with E-state index in [4.69, 9.17) is 9.84 Å². The molecular weight excluding hydrogens is 250 g/mol. The molecule has 0 amide bonds. The van der Waals surface area contributed by atoms with Gasteiger partial charge in [0.15, 0.2) is 0 Å². The standard InChI is InChI=1S/C13H13NO3S/c15-13(16)11-8-9-2-1-3-10(12(9)18-11)14-4-6-17-7-5-14/h1-3,8H,4-7H2,(H,15,16). The number of benzene rings is 1. The lowest BCUT2D eigenvalue weighted by molar-refractivity contribution is 0.0702. The molecule has 2 aromatic rings. The summed E-state index contributed by atoms with van der Waals surface area (Å²) in [4.78, 5) is 13.7. The van der Waals surface area contributed by atoms with Gasteiger partial charge >= 0.3 is 5.97 Å². The van der Waals surface area contributed by atoms with Gasteiger partial charge in [-0.15, -0.1) is 11.3 Å². The lowest BCUT2D eigenvalue weighted by atomic mass is 10.2. The average Bonchev–Trinajstić information content (AvgIpc) is 2.83. The van der Waals surface area contributed by atoms with Crippen LogP contribution in [0.5, 0.6) is 0 Å². The number of ether oxygens (including phenoxy) is 1. The number of carboxylic acids is 1. The second kappa shape index (κ2) is 4.59. The van der Waals surface area contributed by atoms with Crippen LogP contribution in [0.15, 0.2) is 24.3 Å². The number of morpholine rings is 1. The van der Waals surface area contributed by atoms with Crippen LogP contribution in [-0.2, 0) is 4.74 Å². The van der Waals surface area contributed by atoms with Gasteiger partial charge in [0.1, 0.15) is 4.88 Å². The van der Waals surface area contributed by atoms with Crippen molar-refractivity contribution in [3.63, 3.8) is 0 Å². The van der Waals surface area contributed by atoms with Gasteiger partial charge in [-0.3, -0.25) is 0 Å². The lowest BCUT2D eigenvalue weighted by Crippen LogP contribution is -2.36. The van der Waals surface area contributed by atoms with Crippen molar-refractivity contribution < 1.29 is 14.6 Å². The minimum atomic E-state index is -0.857. The van der Waals surface area contributed by atoms with Crippen LogP contribution in [0.3, 0.4) is 0 Å². The van der Waals surface area contributed by atoms with E-state index in [1.54, 1.807) is 6.07 Å². The van der Waals surface area contributed by atoms with Crippen molar-refractivity contribution in [2.75, 3.05) is 31.2 Å². The van der Waals surface area contributed by atoms with Crippen molar-refractivity contribution in [2.24, 2.45) is 0 Å². The zero-order chi connectivity index (χ0) is 12.5. The third-order valence-electron chi connectivity index (χ3n) is 3.09. The molecule has 1 aromatic carbocycles. The number of fused-ring (bicyclic) bond motifs is 1. The second-order valence-corrected chi connectivity index (χ2v) is 5.26. The molecule has 0 bridgehead atoms. The van der Waals surface area contributed by atoms with Crippen LogP contribution < -0.4 is 4.90 Å². The van der Waals surface area contributed by atoms with E-state index in [0.717, 1.165) is 42.1 Å². The molecule has 2 heterocycles. The fraction of sp³-hybridized carbons (Fsp3) is 0.308. The van der Waals surface area contributed by atoms with E-state index in [9.17, 15) is 4.79 Å². The van der Waals surface area contributed by atoms with Crippen LogP contribution in [0.25, 0.3) is 10.1 Å². The van der Waals surface area contributed by atoms with Gasteiger partial charge in [0.2, 0.25) is 0 Å². The molecule has 1 N–H and O–H groups in total. The SMILES string of the molecule is O=C(O)c1cc2cccc(N3CCOCC3)c2s1. The normalized spacial score (nSPS) is 16.1. The molecule has 0 atom stereocenters. The highest BCUT2D eigenvalue weighted by molar-refractivity contribution is 7.21. The Hall–Kier alpha value is -1.59. The predicted molar refractivity (Wildman–Crippen MR) is 71.8 cm³/mol. The van der Waals surface area contributed by atoms with Crippen molar-refractivity contribution in [1.29, 1.82) is 0 Å². The van der Waals surface area contributed by atoms with Crippen LogP contribution in [-0.4, -0.2) is 37.4 Å². The van der Waals surface area contributed by atoms with Gasteiger partial charge in [0, 0.05) is 13.1 Å². The molecule has 4 nitrogen and oxygen atoms in total. The summed E-state index contributed by atoms with van der Waals surface area (Å²) in [6.07, 6.45) is 0. The second-order valence-electron chi connectivity index (χ2n) is 4.21. The molecule has 3 rings (SSSR count). The summed E-state index contributed by atoms with van der Waals surface area (Å²) in [7, 11) is 0. The molecule has 1 saturated heterocycles. The van der Waals surface area contributed by atoms with Crippen LogP contribution in [0, 0.1) is 0 Å². The number of carbonyl (C=O) groups is 1. The monoisotopic (exact) mass is 263 g/mol. The Kier molecular flexibility index (Phi) is 2.93. The van der Waals surface area contributed by atoms with E-state index in [1.165, 1.54) is 11.3 Å². The number of aromatic carboxylic acids is 1. The largest absolute Gasteiger partial charge is 0.477 e. The highest BCUT2D eigenvalue weighted by Gasteiger charge is 2.16. The molecule has 18 heavy (non-hydrogen) atoms. The number of carboxylic acid groups (broad SMARTS) is 1. The van der Waals surface area contributed by atoms with Gasteiger partial charge in [0.25, 0.3) is 0 Å². The molecular formula is C13H13NO3S. The van der Waals surface area contributed by atoms with Crippen molar-refractivity contribution >= 4 is 33.1 Å². The van der Waals surface area contributed by atoms with Crippen LogP contribution in [0.1, 0.15) is 9.67 Å². The van der Waals surface area contributed by atoms with Crippen LogP contribution >= 0.6 is 11.3 Å². The van der Waals surface area contributed by atoms with Crippen molar-refractivity contribution in [1.82, 2.24) is 0 Å². The smallest absolute Gasteiger partial charge is 0.345 e. The van der Waals surface area contributed by atoms with E-state index in [1.807, 2.05) is 12.1 Å². The Labute approximate surface area is 108 Å². The highest BCUT2D eigenvalue weighted by Crippen LogP contribution is 2.34. The number of hydrogen-bond donors (Lipinski definition) is 1. The Bertz CT molecular complexity index is 587. The Morgan fingerprint density at radius 1 is 1.33 bits per heavy atom. The Morgan fingerprint density at radius 3 is 2.83 bits per heavy atom. The van der Waals surface area contributed by atoms with Crippen molar-refractivity contribution in [2.45, 2.75) is 0 Å². The predicted octanol–water partition coefficient (Wildman–Crippen LogP) is 2.44. The number of hydrogen-bond acceptors (Lipinski definition) is 4. The van der Waals surface area contributed by atoms with Gasteiger partial charge in [-0.05, 0) is 17.5 Å². The molecule has 0 unspecified atom stereocenters. The fourth-order valence-corrected chi connectivity index (χ4v) is 3.25. The average molecular weight is 263 g/mol. The van der Waals surface area contributed by atoms with Crippen LogP contribution in [0.2, 0.25) is 0 Å². The van der Waals surface area contributed by atoms with E-state index < -0.39 is 5.97 Å². The zero-order valence-electron chi connectivity index (χ0n) is 9.76. The third-order valence-corrected chi connectivity index (χ3v) is 4.25. The number of rotatable bonds is 2. The summed E-state index contributed by atoms with van der Waals surface area (Å²) in [5.41, 5.74) is 1.12. The minimum absolute atomic E-state index is 0.394. The van der Waals surface area contributed by atoms with E-state index >= 15 is 0 Å². The molecule has 0 saturated carbocycles. The molecule has 1 aliphatic heterocycles. The number of thiophene rings is 1. The summed E-state index contributed by atoms with van der Waals surface area (Å²) in [5.74, 6) is -0.857. The van der Waals surface area contributed by atoms with Crippen molar-refractivity contribution in [3.05, 3.63) is 29.1 Å². The summed E-state index contributed by atoms with van der Waals surface area (Å²) >= 11 is 1.34. The molecule has 0 radical (unpaired) electrons. The first kappa shape index (κ1) is 11.5. The summed E-state index contributed by atoms with van der Waals surface area (Å²) in [6, 6.07) is 7.73. The Morgan fingerprint density at radius 2 is 2.11 bits per heavy atom. The first-order valence-electron chi connectivity index (χ1n) is 5.84. The van der Waals surface area contributed by atoms with Gasteiger partial charge in [-0.2, -0.15) is 0 Å². The lowest BCUT2D eigenvalue weighted by Gasteiger charge is -2.29. The van der Waals surface area contributed by atoms with Gasteiger partial charge in [0.05, 0.1) is 23.6 Å². The van der Waals surface area contributed by atoms with Gasteiger partial charge in [-0.25, -0.2) is 4.79 Å².